The molecule has 1 aromatic rings. The fraction of sp³-hybridized carbons (Fsp3) is 0.615. The maximum atomic E-state index is 11.5. The Morgan fingerprint density at radius 3 is 2.76 bits per heavy atom. The number of ether oxygens (including phenoxy) is 1. The van der Waals surface area contributed by atoms with Crippen LogP contribution in [0.3, 0.4) is 0 Å². The minimum absolute atomic E-state index is 0.169. The smallest absolute Gasteiger partial charge is 0.312 e. The molecule has 4 heteroatoms. The molecule has 0 atom stereocenters. The van der Waals surface area contributed by atoms with Gasteiger partial charge in [0.15, 0.2) is 0 Å². The first kappa shape index (κ1) is 14.2. The first-order valence-corrected chi connectivity index (χ1v) is 6.67. The summed E-state index contributed by atoms with van der Waals surface area (Å²) in [7, 11) is 1.43. The minimum Gasteiger partial charge on any atom is -0.469 e. The Hall–Kier alpha value is -0.870. The molecule has 3 nitrogen and oxygen atoms in total. The maximum Gasteiger partial charge on any atom is 0.312 e. The monoisotopic (exact) mass is 255 g/mol. The van der Waals surface area contributed by atoms with E-state index < -0.39 is 5.41 Å². The standard InChI is InChI=1S/C13H21NO2S/c1-10-6-8-17-11(10)5-7-14-9-13(2,3)12(15)16-4/h6,8,14H,5,7,9H2,1-4H3. The number of nitrogens with one attached hydrogen (secondary N) is 1. The normalized spacial score (nSPS) is 11.5. The summed E-state index contributed by atoms with van der Waals surface area (Å²) < 4.78 is 4.76. The van der Waals surface area contributed by atoms with Gasteiger partial charge in [-0.1, -0.05) is 0 Å². The largest absolute Gasteiger partial charge is 0.469 e. The second-order valence-electron chi connectivity index (χ2n) is 4.83. The molecule has 0 aliphatic carbocycles. The molecule has 0 aromatic carbocycles. The summed E-state index contributed by atoms with van der Waals surface area (Å²) in [6.45, 7) is 7.44. The predicted molar refractivity (Wildman–Crippen MR) is 71.4 cm³/mol. The van der Waals surface area contributed by atoms with Crippen molar-refractivity contribution in [3.63, 3.8) is 0 Å². The van der Waals surface area contributed by atoms with Crippen LogP contribution in [0.25, 0.3) is 0 Å². The minimum atomic E-state index is -0.459. The first-order valence-electron chi connectivity index (χ1n) is 5.79. The lowest BCUT2D eigenvalue weighted by Gasteiger charge is -2.21. The fourth-order valence-electron chi connectivity index (χ4n) is 1.61. The van der Waals surface area contributed by atoms with Crippen LogP contribution in [0.5, 0.6) is 0 Å². The Kier molecular flexibility index (Phi) is 5.15. The van der Waals surface area contributed by atoms with Crippen molar-refractivity contribution < 1.29 is 9.53 Å². The summed E-state index contributed by atoms with van der Waals surface area (Å²) in [4.78, 5) is 12.9. The van der Waals surface area contributed by atoms with Gasteiger partial charge in [-0.25, -0.2) is 0 Å². The Balaban J connectivity index is 2.29. The molecule has 0 aliphatic heterocycles. The van der Waals surface area contributed by atoms with Crippen LogP contribution in [-0.2, 0) is 16.0 Å². The van der Waals surface area contributed by atoms with Crippen molar-refractivity contribution in [2.24, 2.45) is 5.41 Å². The number of methoxy groups -OCH3 is 1. The van der Waals surface area contributed by atoms with Gasteiger partial charge in [-0.2, -0.15) is 0 Å². The molecule has 1 aromatic heterocycles. The van der Waals surface area contributed by atoms with Crippen LogP contribution in [0.15, 0.2) is 11.4 Å². The van der Waals surface area contributed by atoms with Gasteiger partial charge in [0.2, 0.25) is 0 Å². The molecule has 0 amide bonds. The second-order valence-corrected chi connectivity index (χ2v) is 5.83. The van der Waals surface area contributed by atoms with E-state index in [0.29, 0.717) is 6.54 Å². The number of thiophene rings is 1. The van der Waals surface area contributed by atoms with E-state index in [4.69, 9.17) is 4.74 Å². The lowest BCUT2D eigenvalue weighted by atomic mass is 9.94. The summed E-state index contributed by atoms with van der Waals surface area (Å²) in [5, 5.41) is 5.43. The van der Waals surface area contributed by atoms with E-state index in [1.54, 1.807) is 11.3 Å². The Bertz CT molecular complexity index is 371. The number of carbonyl (C=O) groups excluding carboxylic acids is 1. The second kappa shape index (κ2) is 6.17. The van der Waals surface area contributed by atoms with Crippen LogP contribution < -0.4 is 5.32 Å². The Labute approximate surface area is 107 Å². The molecule has 1 rings (SSSR count). The Morgan fingerprint density at radius 1 is 1.53 bits per heavy atom. The fourth-order valence-corrected chi connectivity index (χ4v) is 2.52. The summed E-state index contributed by atoms with van der Waals surface area (Å²) in [5.41, 5.74) is 0.892. The van der Waals surface area contributed by atoms with Crippen LogP contribution in [0.1, 0.15) is 24.3 Å². The average molecular weight is 255 g/mol. The van der Waals surface area contributed by atoms with Crippen molar-refractivity contribution in [2.75, 3.05) is 20.2 Å². The van der Waals surface area contributed by atoms with Crippen molar-refractivity contribution in [1.29, 1.82) is 0 Å². The van der Waals surface area contributed by atoms with Crippen molar-refractivity contribution in [3.05, 3.63) is 21.9 Å². The third-order valence-electron chi connectivity index (χ3n) is 2.80. The molecule has 1 N–H and O–H groups in total. The SMILES string of the molecule is COC(=O)C(C)(C)CNCCc1sccc1C. The van der Waals surface area contributed by atoms with Crippen LogP contribution in [0.2, 0.25) is 0 Å². The third kappa shape index (κ3) is 4.13. The number of hydrogen-bond donors (Lipinski definition) is 1. The van der Waals surface area contributed by atoms with E-state index in [1.807, 2.05) is 13.8 Å². The van der Waals surface area contributed by atoms with Crippen molar-refractivity contribution in [3.8, 4) is 0 Å². The predicted octanol–water partition coefficient (Wildman–Crippen LogP) is 2.39. The van der Waals surface area contributed by atoms with Crippen molar-refractivity contribution in [2.45, 2.75) is 27.2 Å². The zero-order chi connectivity index (χ0) is 12.9. The molecule has 0 fully saturated rings. The summed E-state index contributed by atoms with van der Waals surface area (Å²) >= 11 is 1.79. The molecular weight excluding hydrogens is 234 g/mol. The van der Waals surface area contributed by atoms with Gasteiger partial charge in [0.1, 0.15) is 0 Å². The zero-order valence-corrected chi connectivity index (χ0v) is 11.8. The van der Waals surface area contributed by atoms with Gasteiger partial charge in [-0.05, 0) is 44.2 Å². The van der Waals surface area contributed by atoms with Crippen molar-refractivity contribution in [1.82, 2.24) is 5.32 Å². The summed E-state index contributed by atoms with van der Waals surface area (Å²) in [6, 6.07) is 2.14. The molecular formula is C13H21NO2S. The molecule has 0 aliphatic rings. The topological polar surface area (TPSA) is 38.3 Å². The van der Waals surface area contributed by atoms with Gasteiger partial charge < -0.3 is 10.1 Å². The number of hydrogen-bond acceptors (Lipinski definition) is 4. The van der Waals surface area contributed by atoms with E-state index in [1.165, 1.54) is 17.6 Å². The quantitative estimate of drug-likeness (QED) is 0.626. The van der Waals surface area contributed by atoms with Gasteiger partial charge in [0, 0.05) is 18.0 Å². The van der Waals surface area contributed by atoms with Gasteiger partial charge in [-0.3, -0.25) is 4.79 Å². The number of rotatable bonds is 6. The van der Waals surface area contributed by atoms with E-state index >= 15 is 0 Å². The van der Waals surface area contributed by atoms with Crippen LogP contribution in [-0.4, -0.2) is 26.2 Å². The molecule has 17 heavy (non-hydrogen) atoms. The van der Waals surface area contributed by atoms with Gasteiger partial charge in [0.05, 0.1) is 12.5 Å². The van der Waals surface area contributed by atoms with Crippen LogP contribution in [0, 0.1) is 12.3 Å². The highest BCUT2D eigenvalue weighted by atomic mass is 32.1. The molecule has 0 radical (unpaired) electrons. The van der Waals surface area contributed by atoms with E-state index in [0.717, 1.165) is 13.0 Å². The zero-order valence-electron chi connectivity index (χ0n) is 11.0. The number of esters is 1. The van der Waals surface area contributed by atoms with Gasteiger partial charge in [0.25, 0.3) is 0 Å². The van der Waals surface area contributed by atoms with Gasteiger partial charge in [-0.15, -0.1) is 11.3 Å². The Morgan fingerprint density at radius 2 is 2.24 bits per heavy atom. The molecule has 96 valence electrons. The molecule has 0 unspecified atom stereocenters. The highest BCUT2D eigenvalue weighted by Gasteiger charge is 2.27. The third-order valence-corrected chi connectivity index (χ3v) is 3.88. The van der Waals surface area contributed by atoms with Crippen LogP contribution >= 0.6 is 11.3 Å². The van der Waals surface area contributed by atoms with Crippen LogP contribution in [0.4, 0.5) is 0 Å². The highest BCUT2D eigenvalue weighted by Crippen LogP contribution is 2.17. The highest BCUT2D eigenvalue weighted by molar-refractivity contribution is 7.10. The maximum absolute atomic E-state index is 11.5. The molecule has 0 bridgehead atoms. The van der Waals surface area contributed by atoms with E-state index in [2.05, 4.69) is 23.7 Å². The molecule has 0 saturated heterocycles. The van der Waals surface area contributed by atoms with Gasteiger partial charge >= 0.3 is 5.97 Å². The van der Waals surface area contributed by atoms with E-state index in [9.17, 15) is 4.79 Å². The van der Waals surface area contributed by atoms with Crippen molar-refractivity contribution >= 4 is 17.3 Å². The lowest BCUT2D eigenvalue weighted by Crippen LogP contribution is -2.37. The first-order chi connectivity index (χ1) is 7.97. The molecule has 1 heterocycles. The lowest BCUT2D eigenvalue weighted by molar-refractivity contribution is -0.150. The molecule has 0 saturated carbocycles. The van der Waals surface area contributed by atoms with E-state index in [-0.39, 0.29) is 5.97 Å². The molecule has 0 spiro atoms. The average Bonchev–Trinajstić information content (AvgIpc) is 2.69. The summed E-state index contributed by atoms with van der Waals surface area (Å²) in [6.07, 6.45) is 1.01. The number of carbonyl (C=O) groups is 1. The summed E-state index contributed by atoms with van der Waals surface area (Å²) in [5.74, 6) is -0.169. The number of aryl methyl sites for hydroxylation is 1.